The van der Waals surface area contributed by atoms with Gasteiger partial charge in [0, 0.05) is 10.9 Å². The van der Waals surface area contributed by atoms with Gasteiger partial charge < -0.3 is 9.84 Å². The van der Waals surface area contributed by atoms with E-state index in [-0.39, 0.29) is 11.8 Å². The molecule has 0 spiro atoms. The van der Waals surface area contributed by atoms with Crippen molar-refractivity contribution >= 4 is 33.4 Å². The van der Waals surface area contributed by atoms with Crippen LogP contribution in [0, 0.1) is 18.8 Å². The lowest BCUT2D eigenvalue weighted by atomic mass is 9.67. The van der Waals surface area contributed by atoms with Crippen molar-refractivity contribution in [2.75, 3.05) is 4.90 Å². The molecule has 4 rings (SSSR count). The van der Waals surface area contributed by atoms with Gasteiger partial charge in [-0.05, 0) is 42.8 Å². The van der Waals surface area contributed by atoms with Crippen molar-refractivity contribution < 1.29 is 19.4 Å². The van der Waals surface area contributed by atoms with Crippen molar-refractivity contribution in [1.29, 1.82) is 0 Å². The number of imide groups is 1. The van der Waals surface area contributed by atoms with Crippen LogP contribution in [0.5, 0.6) is 0 Å². The van der Waals surface area contributed by atoms with Gasteiger partial charge in [-0.15, -0.1) is 0 Å². The van der Waals surface area contributed by atoms with Crippen LogP contribution in [0.25, 0.3) is 0 Å². The summed E-state index contributed by atoms with van der Waals surface area (Å²) in [6.07, 6.45) is 1.15. The number of fused-ring (bicyclic) bond motifs is 5. The van der Waals surface area contributed by atoms with Gasteiger partial charge in [0.05, 0.1) is 41.1 Å². The van der Waals surface area contributed by atoms with Crippen molar-refractivity contribution in [1.82, 2.24) is 4.98 Å². The van der Waals surface area contributed by atoms with E-state index in [4.69, 9.17) is 4.74 Å². The topological polar surface area (TPSA) is 79.7 Å². The molecule has 4 heterocycles. The van der Waals surface area contributed by atoms with Crippen LogP contribution >= 0.6 is 15.9 Å². The van der Waals surface area contributed by atoms with Crippen LogP contribution in [0.1, 0.15) is 26.0 Å². The fourth-order valence-electron chi connectivity index (χ4n) is 4.39. The Morgan fingerprint density at radius 1 is 1.35 bits per heavy atom. The number of carbonyl (C=O) groups excluding carboxylic acids is 2. The summed E-state index contributed by atoms with van der Waals surface area (Å²) in [4.78, 5) is 31.3. The first-order valence-corrected chi connectivity index (χ1v) is 8.36. The molecule has 3 fully saturated rings. The minimum absolute atomic E-state index is 0.268. The average Bonchev–Trinajstić information content (AvgIpc) is 2.96. The first-order valence-electron chi connectivity index (χ1n) is 7.57. The Morgan fingerprint density at radius 3 is 2.65 bits per heavy atom. The predicted molar refractivity (Wildman–Crippen MR) is 84.7 cm³/mol. The molecule has 0 aliphatic carbocycles. The molecule has 2 unspecified atom stereocenters. The molecule has 1 aromatic rings. The lowest BCUT2D eigenvalue weighted by Gasteiger charge is -2.31. The van der Waals surface area contributed by atoms with Crippen LogP contribution in [0.2, 0.25) is 0 Å². The summed E-state index contributed by atoms with van der Waals surface area (Å²) < 4.78 is 6.69. The highest BCUT2D eigenvalue weighted by atomic mass is 79.9. The molecule has 1 aromatic heterocycles. The second-order valence-electron chi connectivity index (χ2n) is 7.05. The number of rotatable bonds is 1. The smallest absolute Gasteiger partial charge is 0.240 e. The Labute approximate surface area is 142 Å². The highest BCUT2D eigenvalue weighted by Gasteiger charge is 2.75. The Kier molecular flexibility index (Phi) is 2.91. The van der Waals surface area contributed by atoms with Gasteiger partial charge in [-0.1, -0.05) is 0 Å². The first-order chi connectivity index (χ1) is 10.7. The molecular formula is C16H17BrN2O4. The third kappa shape index (κ3) is 1.73. The van der Waals surface area contributed by atoms with Gasteiger partial charge in [-0.25, -0.2) is 4.90 Å². The standard InChI is InChI=1S/C16H17BrN2O4/c1-7-9(17)4-8(6-18-7)19-13(21)11-12(14(19)22)16(3)10(20)5-15(11,2)23-16/h4,6,10-12,20H,5H2,1-3H3/t10-,11+,12-,15?,16?/m0/s1. The summed E-state index contributed by atoms with van der Waals surface area (Å²) in [5.74, 6) is -1.79. The minimum Gasteiger partial charge on any atom is -0.390 e. The van der Waals surface area contributed by atoms with E-state index < -0.39 is 29.1 Å². The SMILES string of the molecule is Cc1ncc(N2C(=O)[C@@H]3[C@H](C2=O)C2(C)C[C@H](O)C3(C)O2)cc1Br. The molecule has 122 valence electrons. The summed E-state index contributed by atoms with van der Waals surface area (Å²) in [7, 11) is 0. The fraction of sp³-hybridized carbons (Fsp3) is 0.562. The molecular weight excluding hydrogens is 364 g/mol. The first kappa shape index (κ1) is 15.2. The fourth-order valence-corrected chi connectivity index (χ4v) is 4.73. The van der Waals surface area contributed by atoms with Crippen LogP contribution in [0.3, 0.4) is 0 Å². The summed E-state index contributed by atoms with van der Waals surface area (Å²) in [5, 5.41) is 10.3. The van der Waals surface area contributed by atoms with Gasteiger partial charge in [-0.2, -0.15) is 0 Å². The second-order valence-corrected chi connectivity index (χ2v) is 7.90. The number of hydrogen-bond acceptors (Lipinski definition) is 5. The third-order valence-electron chi connectivity index (χ3n) is 5.56. The summed E-state index contributed by atoms with van der Waals surface area (Å²) >= 11 is 3.38. The molecule has 3 aliphatic heterocycles. The number of pyridine rings is 1. The zero-order chi connectivity index (χ0) is 16.7. The number of aliphatic hydroxyl groups is 1. The van der Waals surface area contributed by atoms with E-state index in [1.54, 1.807) is 13.0 Å². The summed E-state index contributed by atoms with van der Waals surface area (Å²) in [5.41, 5.74) is -0.565. The van der Waals surface area contributed by atoms with E-state index in [9.17, 15) is 14.7 Å². The van der Waals surface area contributed by atoms with Crippen molar-refractivity contribution in [3.63, 3.8) is 0 Å². The number of aryl methyl sites for hydroxylation is 1. The van der Waals surface area contributed by atoms with Crippen molar-refractivity contribution in [3.05, 3.63) is 22.4 Å². The maximum absolute atomic E-state index is 12.9. The Morgan fingerprint density at radius 2 is 2.00 bits per heavy atom. The van der Waals surface area contributed by atoms with Gasteiger partial charge in [0.2, 0.25) is 11.8 Å². The van der Waals surface area contributed by atoms with E-state index in [0.717, 1.165) is 10.2 Å². The van der Waals surface area contributed by atoms with Gasteiger partial charge in [0.25, 0.3) is 0 Å². The molecule has 0 radical (unpaired) electrons. The van der Waals surface area contributed by atoms with E-state index in [1.807, 2.05) is 13.8 Å². The number of carbonyl (C=O) groups is 2. The van der Waals surface area contributed by atoms with Crippen molar-refractivity contribution in [3.8, 4) is 0 Å². The van der Waals surface area contributed by atoms with Crippen LogP contribution in [0.4, 0.5) is 5.69 Å². The normalized spacial score (nSPS) is 41.8. The molecule has 0 saturated carbocycles. The number of nitrogens with zero attached hydrogens (tertiary/aromatic N) is 2. The quantitative estimate of drug-likeness (QED) is 0.748. The summed E-state index contributed by atoms with van der Waals surface area (Å²) in [6, 6.07) is 1.73. The predicted octanol–water partition coefficient (Wildman–Crippen LogP) is 1.57. The zero-order valence-electron chi connectivity index (χ0n) is 13.0. The molecule has 2 bridgehead atoms. The number of ether oxygens (including phenoxy) is 1. The minimum atomic E-state index is -1.00. The monoisotopic (exact) mass is 380 g/mol. The molecule has 7 heteroatoms. The lowest BCUT2D eigenvalue weighted by molar-refractivity contribution is -0.132. The number of aliphatic hydroxyl groups excluding tert-OH is 1. The van der Waals surface area contributed by atoms with Gasteiger partial charge >= 0.3 is 0 Å². The van der Waals surface area contributed by atoms with Gasteiger partial charge in [0.15, 0.2) is 0 Å². The zero-order valence-corrected chi connectivity index (χ0v) is 14.6. The number of halogens is 1. The Balaban J connectivity index is 1.80. The lowest BCUT2D eigenvalue weighted by Crippen LogP contribution is -2.49. The van der Waals surface area contributed by atoms with Crippen LogP contribution < -0.4 is 4.90 Å². The number of anilines is 1. The van der Waals surface area contributed by atoms with Gasteiger partial charge in [-0.3, -0.25) is 14.6 Å². The second kappa shape index (κ2) is 4.40. The average molecular weight is 381 g/mol. The highest BCUT2D eigenvalue weighted by Crippen LogP contribution is 2.60. The highest BCUT2D eigenvalue weighted by molar-refractivity contribution is 9.10. The van der Waals surface area contributed by atoms with Crippen LogP contribution in [-0.2, 0) is 14.3 Å². The largest absolute Gasteiger partial charge is 0.390 e. The van der Waals surface area contributed by atoms with Gasteiger partial charge in [0.1, 0.15) is 5.60 Å². The summed E-state index contributed by atoms with van der Waals surface area (Å²) in [6.45, 7) is 5.37. The number of hydrogen-bond donors (Lipinski definition) is 1. The molecule has 5 atom stereocenters. The molecule has 2 amide bonds. The Bertz CT molecular complexity index is 754. The van der Waals surface area contributed by atoms with Crippen LogP contribution in [-0.4, -0.2) is 39.2 Å². The number of amides is 2. The van der Waals surface area contributed by atoms with Crippen LogP contribution in [0.15, 0.2) is 16.7 Å². The molecule has 23 heavy (non-hydrogen) atoms. The maximum atomic E-state index is 12.9. The Hall–Kier alpha value is -1.31. The molecule has 0 aromatic carbocycles. The molecule has 3 aliphatic rings. The van der Waals surface area contributed by atoms with E-state index in [1.165, 1.54) is 11.1 Å². The molecule has 3 saturated heterocycles. The molecule has 1 N–H and O–H groups in total. The van der Waals surface area contributed by atoms with Crippen molar-refractivity contribution in [2.45, 2.75) is 44.5 Å². The van der Waals surface area contributed by atoms with E-state index >= 15 is 0 Å². The van der Waals surface area contributed by atoms with E-state index in [2.05, 4.69) is 20.9 Å². The third-order valence-corrected chi connectivity index (χ3v) is 6.37. The maximum Gasteiger partial charge on any atom is 0.240 e. The number of aromatic nitrogens is 1. The van der Waals surface area contributed by atoms with Crippen molar-refractivity contribution in [2.24, 2.45) is 11.8 Å². The van der Waals surface area contributed by atoms with E-state index in [0.29, 0.717) is 12.1 Å². The molecule has 6 nitrogen and oxygen atoms in total.